The lowest BCUT2D eigenvalue weighted by Crippen LogP contribution is -2.80. The first-order valence-electron chi connectivity index (χ1n) is 14.2. The molecule has 0 unspecified atom stereocenters. The van der Waals surface area contributed by atoms with Crippen LogP contribution in [-0.4, -0.2) is 89.3 Å². The Morgan fingerprint density at radius 2 is 1.40 bits per heavy atom. The van der Waals surface area contributed by atoms with Gasteiger partial charge in [0.25, 0.3) is 0 Å². The molecule has 2 heterocycles. The summed E-state index contributed by atoms with van der Waals surface area (Å²) < 4.78 is 0. The Hall–Kier alpha value is -0.280. The van der Waals surface area contributed by atoms with Crippen LogP contribution in [0.2, 0.25) is 0 Å². The second-order valence-corrected chi connectivity index (χ2v) is 14.5. The Kier molecular flexibility index (Phi) is 5.31. The molecule has 4 aliphatic carbocycles. The van der Waals surface area contributed by atoms with E-state index in [0.717, 1.165) is 25.8 Å². The number of hydrogen-bond acceptors (Lipinski definition) is 7. The van der Waals surface area contributed by atoms with Crippen LogP contribution < -0.4 is 0 Å². The molecule has 4 saturated carbocycles. The summed E-state index contributed by atoms with van der Waals surface area (Å²) in [5.74, 6) is -0.850. The summed E-state index contributed by atoms with van der Waals surface area (Å²) in [7, 11) is 0. The van der Waals surface area contributed by atoms with Crippen molar-refractivity contribution in [3.8, 4) is 0 Å². The average Bonchev–Trinajstić information content (AvgIpc) is 2.99. The molecule has 35 heavy (non-hydrogen) atoms. The molecule has 6 rings (SSSR count). The molecule has 0 radical (unpaired) electrons. The SMILES string of the molecule is C[C@H]1CC[C@]2(C)N(C1)C[C@H]1[C@H]([C@H](O)C[C@]3(O)[C@@H]4C[C@H](O)[C@H]5C[C@H](O)CC[C@@]5(C)[C@H]4C[C@]13O)[C@]2(C)O. The van der Waals surface area contributed by atoms with Crippen molar-refractivity contribution >= 4 is 0 Å². The fraction of sp³-hybridized carbons (Fsp3) is 1.00. The van der Waals surface area contributed by atoms with Gasteiger partial charge in [-0.1, -0.05) is 13.8 Å². The van der Waals surface area contributed by atoms with Gasteiger partial charge < -0.3 is 30.6 Å². The first-order valence-corrected chi connectivity index (χ1v) is 14.2. The van der Waals surface area contributed by atoms with Crippen molar-refractivity contribution in [3.63, 3.8) is 0 Å². The number of aliphatic hydroxyl groups is 6. The van der Waals surface area contributed by atoms with Gasteiger partial charge in [-0.15, -0.1) is 0 Å². The van der Waals surface area contributed by atoms with Crippen molar-refractivity contribution in [1.29, 1.82) is 0 Å². The van der Waals surface area contributed by atoms with Gasteiger partial charge in [0.2, 0.25) is 0 Å². The third kappa shape index (κ3) is 2.92. The van der Waals surface area contributed by atoms with Gasteiger partial charge in [-0.3, -0.25) is 4.90 Å². The highest BCUT2D eigenvalue weighted by molar-refractivity contribution is 5.28. The molecule has 0 aromatic carbocycles. The fourth-order valence-corrected chi connectivity index (χ4v) is 10.8. The molecule has 2 aliphatic heterocycles. The van der Waals surface area contributed by atoms with E-state index in [-0.39, 0.29) is 29.6 Å². The van der Waals surface area contributed by atoms with Crippen LogP contribution in [-0.2, 0) is 0 Å². The minimum Gasteiger partial charge on any atom is -0.393 e. The molecule has 200 valence electrons. The Morgan fingerprint density at radius 3 is 2.11 bits per heavy atom. The summed E-state index contributed by atoms with van der Waals surface area (Å²) in [6, 6.07) is 0. The van der Waals surface area contributed by atoms with E-state index in [2.05, 4.69) is 25.7 Å². The van der Waals surface area contributed by atoms with Crippen molar-refractivity contribution < 1.29 is 30.6 Å². The third-order valence-corrected chi connectivity index (χ3v) is 13.1. The molecule has 7 nitrogen and oxygen atoms in total. The number of piperidine rings is 2. The summed E-state index contributed by atoms with van der Waals surface area (Å²) in [4.78, 5) is 2.33. The zero-order valence-corrected chi connectivity index (χ0v) is 21.9. The number of fused-ring (bicyclic) bond motifs is 8. The zero-order chi connectivity index (χ0) is 25.3. The van der Waals surface area contributed by atoms with E-state index in [9.17, 15) is 30.6 Å². The van der Waals surface area contributed by atoms with Crippen LogP contribution in [0.15, 0.2) is 0 Å². The zero-order valence-electron chi connectivity index (χ0n) is 21.9. The molecule has 0 aromatic heterocycles. The summed E-state index contributed by atoms with van der Waals surface area (Å²) in [5.41, 5.74) is -4.91. The summed E-state index contributed by atoms with van der Waals surface area (Å²) >= 11 is 0. The van der Waals surface area contributed by atoms with Gasteiger partial charge in [-0.25, -0.2) is 0 Å². The van der Waals surface area contributed by atoms with Crippen LogP contribution >= 0.6 is 0 Å². The van der Waals surface area contributed by atoms with E-state index in [1.807, 2.05) is 6.92 Å². The van der Waals surface area contributed by atoms with Crippen molar-refractivity contribution in [1.82, 2.24) is 4.90 Å². The van der Waals surface area contributed by atoms with Gasteiger partial charge in [0.15, 0.2) is 0 Å². The Bertz CT molecular complexity index is 884. The van der Waals surface area contributed by atoms with Gasteiger partial charge in [0, 0.05) is 36.9 Å². The van der Waals surface area contributed by atoms with Crippen molar-refractivity contribution in [2.45, 2.75) is 120 Å². The van der Waals surface area contributed by atoms with Crippen LogP contribution in [0, 0.1) is 40.9 Å². The second-order valence-electron chi connectivity index (χ2n) is 14.5. The first-order chi connectivity index (χ1) is 16.2. The van der Waals surface area contributed by atoms with E-state index < -0.39 is 52.5 Å². The van der Waals surface area contributed by atoms with Gasteiger partial charge in [-0.2, -0.15) is 0 Å². The summed E-state index contributed by atoms with van der Waals surface area (Å²) in [6.45, 7) is 9.75. The van der Waals surface area contributed by atoms with E-state index in [4.69, 9.17) is 0 Å². The van der Waals surface area contributed by atoms with Crippen molar-refractivity contribution in [2.75, 3.05) is 13.1 Å². The Labute approximate surface area is 209 Å². The number of nitrogens with zero attached hydrogens (tertiary/aromatic N) is 1. The fourth-order valence-electron chi connectivity index (χ4n) is 10.8. The summed E-state index contributed by atoms with van der Waals surface area (Å²) in [6.07, 6.45) is 2.74. The van der Waals surface area contributed by atoms with Gasteiger partial charge >= 0.3 is 0 Å². The van der Waals surface area contributed by atoms with Crippen LogP contribution in [0.3, 0.4) is 0 Å². The smallest absolute Gasteiger partial charge is 0.0993 e. The van der Waals surface area contributed by atoms with Crippen molar-refractivity contribution in [2.24, 2.45) is 40.9 Å². The highest BCUT2D eigenvalue weighted by atomic mass is 16.4. The van der Waals surface area contributed by atoms with E-state index in [1.165, 1.54) is 0 Å². The highest BCUT2D eigenvalue weighted by Crippen LogP contribution is 2.70. The first kappa shape index (κ1) is 25.0. The van der Waals surface area contributed by atoms with Crippen LogP contribution in [0.4, 0.5) is 0 Å². The minimum absolute atomic E-state index is 0.00267. The normalized spacial score (nSPS) is 64.5. The van der Waals surface area contributed by atoms with Gasteiger partial charge in [0.05, 0.1) is 35.1 Å². The third-order valence-electron chi connectivity index (χ3n) is 13.1. The Balaban J connectivity index is 1.43. The number of rotatable bonds is 0. The average molecular weight is 494 g/mol. The lowest BCUT2D eigenvalue weighted by atomic mass is 9.49. The molecular weight excluding hydrogens is 446 g/mol. The second kappa shape index (κ2) is 7.43. The molecule has 2 saturated heterocycles. The van der Waals surface area contributed by atoms with Gasteiger partial charge in [-0.05, 0) is 87.9 Å². The lowest BCUT2D eigenvalue weighted by Gasteiger charge is -2.68. The maximum atomic E-state index is 12.6. The van der Waals surface area contributed by atoms with Crippen LogP contribution in [0.5, 0.6) is 0 Å². The molecule has 0 bridgehead atoms. The molecule has 0 amide bonds. The quantitative estimate of drug-likeness (QED) is 0.300. The van der Waals surface area contributed by atoms with E-state index in [0.29, 0.717) is 38.1 Å². The molecule has 14 atom stereocenters. The molecular formula is C28H47NO6. The standard InChI is InChI=1S/C28H47NO6/c1-15-5-8-25(3)26(4,33)23-20(14-29(25)13-15)27(34)11-19-17(28(27,35)12-22(23)32)10-21(31)18-9-16(30)6-7-24(18,19)2/h15-23,30-35H,5-14H2,1-4H3/t15-,16+,17+,18+,19-,20-,21-,22+,23+,24+,25-,26-,27-,28-/m0/s1. The summed E-state index contributed by atoms with van der Waals surface area (Å²) in [5, 5.41) is 70.2. The van der Waals surface area contributed by atoms with Gasteiger partial charge in [0.1, 0.15) is 0 Å². The van der Waals surface area contributed by atoms with Crippen molar-refractivity contribution in [3.05, 3.63) is 0 Å². The monoisotopic (exact) mass is 493 g/mol. The molecule has 6 aliphatic rings. The van der Waals surface area contributed by atoms with Crippen LogP contribution in [0.25, 0.3) is 0 Å². The molecule has 0 aromatic rings. The molecule has 7 heteroatoms. The highest BCUT2D eigenvalue weighted by Gasteiger charge is 2.77. The van der Waals surface area contributed by atoms with Crippen LogP contribution in [0.1, 0.15) is 79.1 Å². The predicted octanol–water partition coefficient (Wildman–Crippen LogP) is 1.27. The molecule has 6 fully saturated rings. The van der Waals surface area contributed by atoms with E-state index >= 15 is 0 Å². The maximum absolute atomic E-state index is 12.6. The minimum atomic E-state index is -1.51. The van der Waals surface area contributed by atoms with E-state index in [1.54, 1.807) is 0 Å². The number of hydrogen-bond donors (Lipinski definition) is 6. The lowest BCUT2D eigenvalue weighted by molar-refractivity contribution is -0.308. The number of aliphatic hydroxyl groups excluding tert-OH is 3. The molecule has 0 spiro atoms. The maximum Gasteiger partial charge on any atom is 0.0993 e. The molecule has 6 N–H and O–H groups in total. The topological polar surface area (TPSA) is 125 Å². The largest absolute Gasteiger partial charge is 0.393 e. The predicted molar refractivity (Wildman–Crippen MR) is 130 cm³/mol. The Morgan fingerprint density at radius 1 is 0.714 bits per heavy atom.